The Morgan fingerprint density at radius 3 is 2.82 bits per heavy atom. The molecule has 0 radical (unpaired) electrons. The molecular weight excluding hydrogens is 204 g/mol. The van der Waals surface area contributed by atoms with Gasteiger partial charge in [-0.25, -0.2) is 0 Å². The Bertz CT molecular complexity index is 445. The van der Waals surface area contributed by atoms with Gasteiger partial charge in [0.05, 0.1) is 0 Å². The molecule has 0 heterocycles. The van der Waals surface area contributed by atoms with Crippen LogP contribution < -0.4 is 0 Å². The molecule has 0 N–H and O–H groups in total. The van der Waals surface area contributed by atoms with E-state index in [0.717, 1.165) is 23.7 Å². The average Bonchev–Trinajstić information content (AvgIpc) is 2.96. The highest BCUT2D eigenvalue weighted by atomic mass is 14.7. The molecular formula is C17H24. The molecule has 3 saturated carbocycles. The van der Waals surface area contributed by atoms with E-state index in [1.807, 2.05) is 11.1 Å². The molecule has 92 valence electrons. The minimum atomic E-state index is 0.650. The SMILES string of the molecule is CC12CCC(C1)C1=C2C2(C)CC1C1CCCC12. The fourth-order valence-electron chi connectivity index (χ4n) is 7.44. The molecule has 0 spiro atoms. The molecule has 5 rings (SSSR count). The normalized spacial score (nSPS) is 62.5. The van der Waals surface area contributed by atoms with Crippen LogP contribution in [0.4, 0.5) is 0 Å². The van der Waals surface area contributed by atoms with E-state index in [-0.39, 0.29) is 0 Å². The molecule has 0 aromatic heterocycles. The summed E-state index contributed by atoms with van der Waals surface area (Å²) < 4.78 is 0. The van der Waals surface area contributed by atoms with Gasteiger partial charge in [-0.15, -0.1) is 0 Å². The van der Waals surface area contributed by atoms with Crippen molar-refractivity contribution in [3.05, 3.63) is 11.1 Å². The Hall–Kier alpha value is -0.260. The van der Waals surface area contributed by atoms with Gasteiger partial charge >= 0.3 is 0 Å². The van der Waals surface area contributed by atoms with Crippen LogP contribution >= 0.6 is 0 Å². The summed E-state index contributed by atoms with van der Waals surface area (Å²) in [5, 5.41) is 0. The van der Waals surface area contributed by atoms with Crippen molar-refractivity contribution in [2.45, 2.75) is 58.8 Å². The second-order valence-corrected chi connectivity index (χ2v) is 8.26. The van der Waals surface area contributed by atoms with E-state index in [0.29, 0.717) is 10.8 Å². The number of hydrogen-bond donors (Lipinski definition) is 0. The molecule has 3 fully saturated rings. The summed E-state index contributed by atoms with van der Waals surface area (Å²) in [5.74, 6) is 4.28. The first-order valence-corrected chi connectivity index (χ1v) is 7.88. The van der Waals surface area contributed by atoms with Crippen molar-refractivity contribution in [3.8, 4) is 0 Å². The number of hydrogen-bond acceptors (Lipinski definition) is 0. The van der Waals surface area contributed by atoms with Crippen LogP contribution in [-0.4, -0.2) is 0 Å². The van der Waals surface area contributed by atoms with E-state index < -0.39 is 0 Å². The number of fused-ring (bicyclic) bond motifs is 11. The summed E-state index contributed by atoms with van der Waals surface area (Å²) in [5.41, 5.74) is 5.36. The third-order valence-electron chi connectivity index (χ3n) is 7.59. The molecule has 4 bridgehead atoms. The zero-order chi connectivity index (χ0) is 11.4. The van der Waals surface area contributed by atoms with Crippen LogP contribution in [0.25, 0.3) is 0 Å². The van der Waals surface area contributed by atoms with Crippen LogP contribution in [-0.2, 0) is 0 Å². The maximum absolute atomic E-state index is 2.66. The van der Waals surface area contributed by atoms with Crippen molar-refractivity contribution in [1.82, 2.24) is 0 Å². The quantitative estimate of drug-likeness (QED) is 0.421. The zero-order valence-electron chi connectivity index (χ0n) is 11.3. The van der Waals surface area contributed by atoms with E-state index in [1.54, 1.807) is 19.3 Å². The molecule has 6 atom stereocenters. The smallest absolute Gasteiger partial charge is 0.00711 e. The summed E-state index contributed by atoms with van der Waals surface area (Å²) in [6, 6.07) is 0. The van der Waals surface area contributed by atoms with Gasteiger partial charge in [0.2, 0.25) is 0 Å². The van der Waals surface area contributed by atoms with E-state index in [4.69, 9.17) is 0 Å². The standard InChI is InChI=1S/C17H24/c1-16-7-6-10(8-16)14-12-9-17(2,15(14)16)13-5-3-4-11(12)13/h10-13H,3-9H2,1-2H3. The van der Waals surface area contributed by atoms with E-state index in [9.17, 15) is 0 Å². The van der Waals surface area contributed by atoms with Gasteiger partial charge in [-0.3, -0.25) is 0 Å². The molecule has 5 aliphatic carbocycles. The first-order chi connectivity index (χ1) is 8.13. The highest BCUT2D eigenvalue weighted by Gasteiger charge is 2.67. The van der Waals surface area contributed by atoms with Crippen LogP contribution in [0.5, 0.6) is 0 Å². The minimum absolute atomic E-state index is 0.650. The Balaban J connectivity index is 1.74. The Labute approximate surface area is 105 Å². The van der Waals surface area contributed by atoms with E-state index in [1.165, 1.54) is 25.7 Å². The Morgan fingerprint density at radius 2 is 1.94 bits per heavy atom. The van der Waals surface area contributed by atoms with Crippen LogP contribution in [0, 0.1) is 34.5 Å². The number of rotatable bonds is 0. The third-order valence-corrected chi connectivity index (χ3v) is 7.59. The zero-order valence-corrected chi connectivity index (χ0v) is 11.3. The van der Waals surface area contributed by atoms with Gasteiger partial charge in [0, 0.05) is 0 Å². The van der Waals surface area contributed by atoms with Crippen molar-refractivity contribution >= 4 is 0 Å². The van der Waals surface area contributed by atoms with E-state index in [2.05, 4.69) is 13.8 Å². The van der Waals surface area contributed by atoms with Crippen LogP contribution in [0.1, 0.15) is 58.8 Å². The maximum Gasteiger partial charge on any atom is -0.00711 e. The summed E-state index contributed by atoms with van der Waals surface area (Å²) in [6.07, 6.45) is 10.8. The molecule has 6 unspecified atom stereocenters. The Kier molecular flexibility index (Phi) is 1.44. The molecule has 0 aromatic rings. The summed E-state index contributed by atoms with van der Waals surface area (Å²) >= 11 is 0. The maximum atomic E-state index is 2.66. The fraction of sp³-hybridized carbons (Fsp3) is 0.882. The predicted octanol–water partition coefficient (Wildman–Crippen LogP) is 4.56. The summed E-state index contributed by atoms with van der Waals surface area (Å²) in [4.78, 5) is 0. The van der Waals surface area contributed by atoms with Crippen molar-refractivity contribution in [1.29, 1.82) is 0 Å². The van der Waals surface area contributed by atoms with Gasteiger partial charge in [-0.1, -0.05) is 31.4 Å². The minimum Gasteiger partial charge on any atom is -0.0633 e. The largest absolute Gasteiger partial charge is 0.0633 e. The lowest BCUT2D eigenvalue weighted by atomic mass is 9.62. The van der Waals surface area contributed by atoms with Crippen molar-refractivity contribution < 1.29 is 0 Å². The topological polar surface area (TPSA) is 0 Å². The highest BCUT2D eigenvalue weighted by molar-refractivity contribution is 5.48. The Morgan fingerprint density at radius 1 is 1.06 bits per heavy atom. The van der Waals surface area contributed by atoms with Gasteiger partial charge in [0.25, 0.3) is 0 Å². The predicted molar refractivity (Wildman–Crippen MR) is 69.5 cm³/mol. The molecule has 0 amide bonds. The molecule has 0 aromatic carbocycles. The second-order valence-electron chi connectivity index (χ2n) is 8.26. The van der Waals surface area contributed by atoms with Gasteiger partial charge in [-0.2, -0.15) is 0 Å². The average molecular weight is 228 g/mol. The molecule has 17 heavy (non-hydrogen) atoms. The van der Waals surface area contributed by atoms with Crippen LogP contribution in [0.3, 0.4) is 0 Å². The van der Waals surface area contributed by atoms with Crippen LogP contribution in [0.15, 0.2) is 11.1 Å². The van der Waals surface area contributed by atoms with Crippen molar-refractivity contribution in [2.24, 2.45) is 34.5 Å². The first-order valence-electron chi connectivity index (χ1n) is 7.88. The second kappa shape index (κ2) is 2.53. The molecule has 0 saturated heterocycles. The van der Waals surface area contributed by atoms with Crippen molar-refractivity contribution in [2.75, 3.05) is 0 Å². The van der Waals surface area contributed by atoms with Gasteiger partial charge in [-0.05, 0) is 73.0 Å². The van der Waals surface area contributed by atoms with Gasteiger partial charge < -0.3 is 0 Å². The monoisotopic (exact) mass is 228 g/mol. The van der Waals surface area contributed by atoms with Crippen LogP contribution in [0.2, 0.25) is 0 Å². The molecule has 5 aliphatic rings. The molecule has 0 heteroatoms. The number of allylic oxidation sites excluding steroid dienone is 2. The van der Waals surface area contributed by atoms with E-state index >= 15 is 0 Å². The van der Waals surface area contributed by atoms with Crippen molar-refractivity contribution in [3.63, 3.8) is 0 Å². The highest BCUT2D eigenvalue weighted by Crippen LogP contribution is 2.77. The summed E-state index contributed by atoms with van der Waals surface area (Å²) in [6.45, 7) is 5.26. The fourth-order valence-corrected chi connectivity index (χ4v) is 7.44. The molecule has 0 aliphatic heterocycles. The first kappa shape index (κ1) is 9.64. The van der Waals surface area contributed by atoms with Gasteiger partial charge in [0.15, 0.2) is 0 Å². The van der Waals surface area contributed by atoms with Gasteiger partial charge in [0.1, 0.15) is 0 Å². The molecule has 0 nitrogen and oxygen atoms in total. The third kappa shape index (κ3) is 0.833. The lowest BCUT2D eigenvalue weighted by Crippen LogP contribution is -2.34. The lowest BCUT2D eigenvalue weighted by Gasteiger charge is -2.43. The lowest BCUT2D eigenvalue weighted by molar-refractivity contribution is 0.205. The summed E-state index contributed by atoms with van der Waals surface area (Å²) in [7, 11) is 0.